The van der Waals surface area contributed by atoms with Crippen molar-refractivity contribution in [3.05, 3.63) is 18.0 Å². The van der Waals surface area contributed by atoms with Gasteiger partial charge in [0.05, 0.1) is 5.69 Å². The molecule has 1 N–H and O–H groups in total. The van der Waals surface area contributed by atoms with Gasteiger partial charge in [-0.15, -0.1) is 0 Å². The zero-order valence-corrected chi connectivity index (χ0v) is 14.1. The Bertz CT molecular complexity index is 378. The van der Waals surface area contributed by atoms with Crippen molar-refractivity contribution in [1.82, 2.24) is 20.0 Å². The summed E-state index contributed by atoms with van der Waals surface area (Å²) in [5.74, 6) is 0. The third-order valence-corrected chi connectivity index (χ3v) is 4.80. The Morgan fingerprint density at radius 3 is 2.20 bits per heavy atom. The van der Waals surface area contributed by atoms with Crippen molar-refractivity contribution in [2.24, 2.45) is 7.05 Å². The van der Waals surface area contributed by atoms with E-state index in [2.05, 4.69) is 56.1 Å². The number of nitrogens with zero attached hydrogens (tertiary/aromatic N) is 3. The minimum atomic E-state index is 0.204. The van der Waals surface area contributed by atoms with Crippen molar-refractivity contribution >= 4 is 0 Å². The van der Waals surface area contributed by atoms with E-state index in [-0.39, 0.29) is 5.54 Å². The number of rotatable bonds is 9. The smallest absolute Gasteiger partial charge is 0.0640 e. The van der Waals surface area contributed by atoms with E-state index in [0.29, 0.717) is 6.04 Å². The molecule has 0 fully saturated rings. The van der Waals surface area contributed by atoms with Crippen molar-refractivity contribution < 1.29 is 0 Å². The molecule has 1 aromatic heterocycles. The Balaban J connectivity index is 3.01. The van der Waals surface area contributed by atoms with Crippen LogP contribution < -0.4 is 5.32 Å². The molecule has 1 rings (SSSR count). The summed E-state index contributed by atoms with van der Waals surface area (Å²) in [4.78, 5) is 2.61. The molecule has 4 nitrogen and oxygen atoms in total. The van der Waals surface area contributed by atoms with Gasteiger partial charge < -0.3 is 5.32 Å². The van der Waals surface area contributed by atoms with E-state index in [1.807, 2.05) is 17.9 Å². The van der Waals surface area contributed by atoms with E-state index in [4.69, 9.17) is 0 Å². The van der Waals surface area contributed by atoms with Crippen LogP contribution >= 0.6 is 0 Å². The second-order valence-corrected chi connectivity index (χ2v) is 5.51. The fourth-order valence-electron chi connectivity index (χ4n) is 3.61. The largest absolute Gasteiger partial charge is 0.315 e. The maximum atomic E-state index is 4.55. The normalized spacial score (nSPS) is 13.9. The minimum absolute atomic E-state index is 0.204. The number of aromatic nitrogens is 2. The molecule has 1 aromatic rings. The van der Waals surface area contributed by atoms with Crippen LogP contribution in [-0.2, 0) is 13.5 Å². The van der Waals surface area contributed by atoms with Crippen LogP contribution in [0.2, 0.25) is 0 Å². The van der Waals surface area contributed by atoms with Crippen LogP contribution in [0.3, 0.4) is 0 Å². The summed E-state index contributed by atoms with van der Waals surface area (Å²) in [6, 6.07) is 2.55. The van der Waals surface area contributed by atoms with Gasteiger partial charge in [-0.2, -0.15) is 5.10 Å². The van der Waals surface area contributed by atoms with Crippen molar-refractivity contribution in [3.63, 3.8) is 0 Å². The molecule has 0 radical (unpaired) electrons. The molecule has 116 valence electrons. The van der Waals surface area contributed by atoms with Gasteiger partial charge in [0.25, 0.3) is 0 Å². The molecule has 0 aliphatic carbocycles. The molecule has 0 aliphatic rings. The van der Waals surface area contributed by atoms with E-state index in [1.54, 1.807) is 0 Å². The summed E-state index contributed by atoms with van der Waals surface area (Å²) in [5, 5.41) is 8.11. The number of nitrogens with one attached hydrogen (secondary N) is 1. The molecule has 4 heteroatoms. The molecule has 0 amide bonds. The van der Waals surface area contributed by atoms with Crippen molar-refractivity contribution in [2.75, 3.05) is 20.1 Å². The zero-order chi connectivity index (χ0) is 15.2. The van der Waals surface area contributed by atoms with Gasteiger partial charge in [-0.05, 0) is 39.0 Å². The minimum Gasteiger partial charge on any atom is -0.315 e. The lowest BCUT2D eigenvalue weighted by atomic mass is 9.80. The average molecular weight is 280 g/mol. The van der Waals surface area contributed by atoms with Crippen molar-refractivity contribution in [1.29, 1.82) is 0 Å². The molecule has 0 saturated heterocycles. The van der Waals surface area contributed by atoms with Crippen molar-refractivity contribution in [3.8, 4) is 0 Å². The van der Waals surface area contributed by atoms with E-state index in [1.165, 1.54) is 5.69 Å². The number of aryl methyl sites for hydroxylation is 1. The predicted molar refractivity (Wildman–Crippen MR) is 86.0 cm³/mol. The second kappa shape index (κ2) is 7.79. The third kappa shape index (κ3) is 3.41. The first kappa shape index (κ1) is 17.2. The van der Waals surface area contributed by atoms with Gasteiger partial charge in [0.15, 0.2) is 0 Å². The lowest BCUT2D eigenvalue weighted by Crippen LogP contribution is -2.61. The predicted octanol–water partition coefficient (Wildman–Crippen LogP) is 2.45. The van der Waals surface area contributed by atoms with Crippen LogP contribution in [0.1, 0.15) is 46.2 Å². The number of likely N-dealkylation sites (N-methyl/N-ethyl adjacent to an activating group) is 2. The Hall–Kier alpha value is -0.870. The van der Waals surface area contributed by atoms with Crippen LogP contribution in [0.4, 0.5) is 0 Å². The molecule has 0 aromatic carbocycles. The maximum Gasteiger partial charge on any atom is 0.0640 e. The standard InChI is InChI=1S/C16H32N4/c1-7-16(8-2,20(9-3)10-4)15(17-5)13-14-11-12-19(6)18-14/h11-12,15,17H,7-10,13H2,1-6H3. The summed E-state index contributed by atoms with van der Waals surface area (Å²) in [5.41, 5.74) is 1.38. The second-order valence-electron chi connectivity index (χ2n) is 5.51. The first-order valence-corrected chi connectivity index (χ1v) is 7.98. The van der Waals surface area contributed by atoms with E-state index >= 15 is 0 Å². The maximum absolute atomic E-state index is 4.55. The summed E-state index contributed by atoms with van der Waals surface area (Å²) in [6.07, 6.45) is 5.32. The van der Waals surface area contributed by atoms with Gasteiger partial charge in [-0.1, -0.05) is 27.7 Å². The average Bonchev–Trinajstić information content (AvgIpc) is 2.88. The molecule has 0 bridgehead atoms. The molecular weight excluding hydrogens is 248 g/mol. The Kier molecular flexibility index (Phi) is 6.69. The number of hydrogen-bond donors (Lipinski definition) is 1. The first-order chi connectivity index (χ1) is 9.57. The third-order valence-electron chi connectivity index (χ3n) is 4.80. The highest BCUT2D eigenvalue weighted by molar-refractivity contribution is 5.08. The zero-order valence-electron chi connectivity index (χ0n) is 14.1. The van der Waals surface area contributed by atoms with Gasteiger partial charge in [0.2, 0.25) is 0 Å². The summed E-state index contributed by atoms with van der Waals surface area (Å²) >= 11 is 0. The fourth-order valence-corrected chi connectivity index (χ4v) is 3.61. The fraction of sp³-hybridized carbons (Fsp3) is 0.812. The highest BCUT2D eigenvalue weighted by atomic mass is 15.3. The SMILES string of the molecule is CCN(CC)C(CC)(CC)C(Cc1ccn(C)n1)NC. The molecule has 0 saturated carbocycles. The van der Waals surface area contributed by atoms with Gasteiger partial charge in [-0.3, -0.25) is 9.58 Å². The summed E-state index contributed by atoms with van der Waals surface area (Å²) < 4.78 is 1.89. The summed E-state index contributed by atoms with van der Waals surface area (Å²) in [6.45, 7) is 11.3. The van der Waals surface area contributed by atoms with E-state index < -0.39 is 0 Å². The lowest BCUT2D eigenvalue weighted by molar-refractivity contribution is 0.0516. The molecule has 1 unspecified atom stereocenters. The van der Waals surface area contributed by atoms with Crippen LogP contribution in [0.25, 0.3) is 0 Å². The molecular formula is C16H32N4. The van der Waals surface area contributed by atoms with Crippen LogP contribution in [0.15, 0.2) is 12.3 Å². The highest BCUT2D eigenvalue weighted by Crippen LogP contribution is 2.29. The van der Waals surface area contributed by atoms with E-state index in [0.717, 1.165) is 32.4 Å². The van der Waals surface area contributed by atoms with Gasteiger partial charge in [0.1, 0.15) is 0 Å². The van der Waals surface area contributed by atoms with Crippen LogP contribution in [0.5, 0.6) is 0 Å². The van der Waals surface area contributed by atoms with Crippen LogP contribution in [0, 0.1) is 0 Å². The number of hydrogen-bond acceptors (Lipinski definition) is 3. The quantitative estimate of drug-likeness (QED) is 0.754. The first-order valence-electron chi connectivity index (χ1n) is 7.98. The van der Waals surface area contributed by atoms with Crippen LogP contribution in [-0.4, -0.2) is 46.4 Å². The molecule has 1 atom stereocenters. The monoisotopic (exact) mass is 280 g/mol. The molecule has 0 spiro atoms. The summed E-state index contributed by atoms with van der Waals surface area (Å²) in [7, 11) is 4.06. The van der Waals surface area contributed by atoms with Gasteiger partial charge in [0, 0.05) is 31.2 Å². The van der Waals surface area contributed by atoms with Gasteiger partial charge in [-0.25, -0.2) is 0 Å². The Labute approximate surface area is 124 Å². The Morgan fingerprint density at radius 1 is 1.25 bits per heavy atom. The topological polar surface area (TPSA) is 33.1 Å². The molecule has 1 heterocycles. The molecule has 20 heavy (non-hydrogen) atoms. The highest BCUT2D eigenvalue weighted by Gasteiger charge is 2.39. The Morgan fingerprint density at radius 2 is 1.85 bits per heavy atom. The van der Waals surface area contributed by atoms with Gasteiger partial charge >= 0.3 is 0 Å². The van der Waals surface area contributed by atoms with E-state index in [9.17, 15) is 0 Å². The molecule has 0 aliphatic heterocycles. The lowest BCUT2D eigenvalue weighted by Gasteiger charge is -2.48. The van der Waals surface area contributed by atoms with Crippen molar-refractivity contribution in [2.45, 2.75) is 58.5 Å².